The summed E-state index contributed by atoms with van der Waals surface area (Å²) in [6, 6.07) is 1.19. The van der Waals surface area contributed by atoms with Crippen LogP contribution in [0, 0.1) is 23.7 Å². The molecule has 5 N–H and O–H groups in total. The summed E-state index contributed by atoms with van der Waals surface area (Å²) in [6.45, 7) is 1.57. The number of rotatable bonds is 3. The number of carbonyl (C=O) groups excluding carboxylic acids is 6. The highest BCUT2D eigenvalue weighted by Crippen LogP contribution is 2.54. The molecule has 36 heavy (non-hydrogen) atoms. The predicted molar refractivity (Wildman–Crippen MR) is 119 cm³/mol. The van der Waals surface area contributed by atoms with E-state index in [4.69, 9.17) is 5.73 Å². The van der Waals surface area contributed by atoms with Crippen LogP contribution >= 0.6 is 0 Å². The summed E-state index contributed by atoms with van der Waals surface area (Å²) in [5.41, 5.74) is 1.71. The second kappa shape index (κ2) is 8.29. The fourth-order valence-electron chi connectivity index (χ4n) is 6.26. The monoisotopic (exact) mass is 502 g/mol. The Labute approximate surface area is 205 Å². The van der Waals surface area contributed by atoms with Crippen LogP contribution in [0.4, 0.5) is 0 Å². The summed E-state index contributed by atoms with van der Waals surface area (Å²) in [6.07, 6.45) is -1.72. The second-order valence-corrected chi connectivity index (χ2v) is 9.78. The number of nitrogens with zero attached hydrogens (tertiary/aromatic N) is 1. The molecule has 3 aliphatic carbocycles. The Bertz CT molecular complexity index is 1240. The minimum atomic E-state index is -3.08. The Hall–Kier alpha value is -3.48. The summed E-state index contributed by atoms with van der Waals surface area (Å²) in [5, 5.41) is 33.8. The van der Waals surface area contributed by atoms with Gasteiger partial charge in [0.25, 0.3) is 0 Å². The van der Waals surface area contributed by atoms with Gasteiger partial charge in [-0.3, -0.25) is 28.9 Å². The number of fused-ring (bicyclic) bond motifs is 3. The number of methoxy groups -OCH3 is 1. The molecule has 192 valence electrons. The first-order valence-corrected chi connectivity index (χ1v) is 11.2. The molecule has 12 nitrogen and oxygen atoms in total. The van der Waals surface area contributed by atoms with Crippen LogP contribution in [0.15, 0.2) is 12.1 Å². The number of nitrogens with two attached hydrogens (primary N) is 1. The molecule has 0 heterocycles. The van der Waals surface area contributed by atoms with E-state index in [0.29, 0.717) is 0 Å². The molecule has 1 aromatic rings. The summed E-state index contributed by atoms with van der Waals surface area (Å²) >= 11 is 0. The number of hydrogen-bond acceptors (Lipinski definition) is 11. The topological polar surface area (TPSA) is 202 Å². The van der Waals surface area contributed by atoms with Crippen LogP contribution < -0.4 is 5.73 Å². The molecule has 2 fully saturated rings. The van der Waals surface area contributed by atoms with Gasteiger partial charge in [0.05, 0.1) is 36.7 Å². The van der Waals surface area contributed by atoms with Crippen molar-refractivity contribution in [1.29, 1.82) is 0 Å². The lowest BCUT2D eigenvalue weighted by molar-refractivity contribution is -0.196. The van der Waals surface area contributed by atoms with E-state index in [0.717, 1.165) is 7.11 Å². The molecule has 2 unspecified atom stereocenters. The van der Waals surface area contributed by atoms with Crippen molar-refractivity contribution >= 4 is 35.0 Å². The molecule has 0 aromatic heterocycles. The molecule has 3 aliphatic rings. The van der Waals surface area contributed by atoms with E-state index in [2.05, 4.69) is 4.74 Å². The van der Waals surface area contributed by atoms with E-state index in [9.17, 15) is 44.1 Å². The first kappa shape index (κ1) is 25.6. The van der Waals surface area contributed by atoms with Gasteiger partial charge in [0, 0.05) is 5.92 Å². The first-order chi connectivity index (χ1) is 16.7. The molecule has 1 amide bonds. The van der Waals surface area contributed by atoms with Crippen molar-refractivity contribution in [1.82, 2.24) is 4.90 Å². The number of phenols is 1. The lowest BCUT2D eigenvalue weighted by Gasteiger charge is -2.56. The van der Waals surface area contributed by atoms with Crippen molar-refractivity contribution in [3.05, 3.63) is 28.8 Å². The number of amides is 1. The zero-order chi connectivity index (χ0) is 27.0. The predicted octanol–water partition coefficient (Wildman–Crippen LogP) is -1.81. The standard InChI is InChI=1S/C24H26N2O10/c1-7-8-5-6-9(23(34)36-4)16(27)11(8)17(28)12-10(7)18(29)14-15(26(2)3)19(30)13(22(25)33)21(32)24(14,35)20(12)31/h5-7,10,12-15,18,27,29,35H,1-4H3,(H2,25,33)/t7-,10+,12?,13?,14+,15-,18-,24-/m0/s1. The van der Waals surface area contributed by atoms with Gasteiger partial charge in [0.1, 0.15) is 11.3 Å². The number of benzene rings is 1. The number of ether oxygens (including phenoxy) is 1. The number of aliphatic hydroxyl groups is 2. The number of carbonyl (C=O) groups is 6. The molecule has 0 radical (unpaired) electrons. The molecule has 4 rings (SSSR count). The number of hydrogen-bond donors (Lipinski definition) is 4. The molecule has 0 bridgehead atoms. The van der Waals surface area contributed by atoms with Crippen molar-refractivity contribution in [2.75, 3.05) is 21.2 Å². The van der Waals surface area contributed by atoms with Crippen molar-refractivity contribution in [2.24, 2.45) is 29.4 Å². The van der Waals surface area contributed by atoms with E-state index in [1.54, 1.807) is 6.92 Å². The van der Waals surface area contributed by atoms with Gasteiger partial charge in [-0.15, -0.1) is 0 Å². The first-order valence-electron chi connectivity index (χ1n) is 11.2. The number of phenolic OH excluding ortho intramolecular Hbond substituents is 1. The lowest BCUT2D eigenvalue weighted by Crippen LogP contribution is -2.77. The van der Waals surface area contributed by atoms with E-state index in [-0.39, 0.29) is 16.7 Å². The van der Waals surface area contributed by atoms with E-state index < -0.39 is 88.1 Å². The smallest absolute Gasteiger partial charge is 0.341 e. The summed E-state index contributed by atoms with van der Waals surface area (Å²) in [7, 11) is 3.90. The van der Waals surface area contributed by atoms with Gasteiger partial charge in [0.15, 0.2) is 34.7 Å². The molecule has 12 heteroatoms. The number of aliphatic hydroxyl groups excluding tert-OH is 1. The maximum absolute atomic E-state index is 13.8. The highest BCUT2D eigenvalue weighted by molar-refractivity contribution is 6.32. The average molecular weight is 502 g/mol. The van der Waals surface area contributed by atoms with E-state index >= 15 is 0 Å². The van der Waals surface area contributed by atoms with Crippen LogP contribution in [0.2, 0.25) is 0 Å². The third kappa shape index (κ3) is 3.04. The Morgan fingerprint density at radius 1 is 1.11 bits per heavy atom. The number of aromatic hydroxyl groups is 1. The molecule has 0 aliphatic heterocycles. The van der Waals surface area contributed by atoms with Gasteiger partial charge in [0.2, 0.25) is 5.91 Å². The Balaban J connectivity index is 1.95. The van der Waals surface area contributed by atoms with E-state index in [1.807, 2.05) is 0 Å². The third-order valence-electron chi connectivity index (χ3n) is 7.89. The zero-order valence-electron chi connectivity index (χ0n) is 19.9. The summed E-state index contributed by atoms with van der Waals surface area (Å²) < 4.78 is 4.61. The maximum Gasteiger partial charge on any atom is 0.341 e. The molecular formula is C24H26N2O10. The Morgan fingerprint density at radius 2 is 1.72 bits per heavy atom. The van der Waals surface area contributed by atoms with Crippen LogP contribution in [0.25, 0.3) is 0 Å². The number of primary amides is 1. The molecular weight excluding hydrogens is 476 g/mol. The molecule has 1 aromatic carbocycles. The van der Waals surface area contributed by atoms with Gasteiger partial charge in [-0.2, -0.15) is 0 Å². The minimum absolute atomic E-state index is 0.230. The van der Waals surface area contributed by atoms with Crippen LogP contribution in [-0.2, 0) is 23.9 Å². The zero-order valence-corrected chi connectivity index (χ0v) is 19.9. The van der Waals surface area contributed by atoms with Gasteiger partial charge in [-0.25, -0.2) is 4.79 Å². The minimum Gasteiger partial charge on any atom is -0.506 e. The SMILES string of the molecule is COC(=O)c1ccc2c(c1O)C(=O)C1C(=O)[C@]3(O)C(=O)C(C(N)=O)C(=O)[C@@H](N(C)C)[C@@H]3[C@@H](O)[C@@H]1[C@H]2C. The second-order valence-electron chi connectivity index (χ2n) is 9.78. The Morgan fingerprint density at radius 3 is 2.25 bits per heavy atom. The summed E-state index contributed by atoms with van der Waals surface area (Å²) in [5.74, 6) is -15.5. The normalized spacial score (nSPS) is 35.7. The Kier molecular flexibility index (Phi) is 5.90. The fourth-order valence-corrected chi connectivity index (χ4v) is 6.26. The summed E-state index contributed by atoms with van der Waals surface area (Å²) in [4.78, 5) is 79.2. The van der Waals surface area contributed by atoms with Crippen molar-refractivity contribution < 1.29 is 48.8 Å². The average Bonchev–Trinajstić information content (AvgIpc) is 2.80. The van der Waals surface area contributed by atoms with E-state index in [1.165, 1.54) is 31.1 Å². The highest BCUT2D eigenvalue weighted by Gasteiger charge is 2.72. The van der Waals surface area contributed by atoms with Crippen LogP contribution in [-0.4, -0.2) is 94.2 Å². The van der Waals surface area contributed by atoms with Gasteiger partial charge >= 0.3 is 5.97 Å². The van der Waals surface area contributed by atoms with Crippen molar-refractivity contribution in [3.8, 4) is 5.75 Å². The van der Waals surface area contributed by atoms with Gasteiger partial charge < -0.3 is 25.8 Å². The van der Waals surface area contributed by atoms with Crippen molar-refractivity contribution in [3.63, 3.8) is 0 Å². The van der Waals surface area contributed by atoms with Gasteiger partial charge in [-0.05, 0) is 31.6 Å². The molecule has 8 atom stereocenters. The van der Waals surface area contributed by atoms with Gasteiger partial charge in [-0.1, -0.05) is 13.0 Å². The fraction of sp³-hybridized carbons (Fsp3) is 0.500. The molecule has 0 saturated heterocycles. The van der Waals surface area contributed by atoms with Crippen molar-refractivity contribution in [2.45, 2.75) is 30.6 Å². The van der Waals surface area contributed by atoms with Crippen LogP contribution in [0.3, 0.4) is 0 Å². The number of ketones is 4. The number of Topliss-reactive ketones (excluding diaryl/α,β-unsaturated/α-hetero) is 4. The molecule has 2 saturated carbocycles. The quantitative estimate of drug-likeness (QED) is 0.268. The van der Waals surface area contributed by atoms with Crippen LogP contribution in [0.5, 0.6) is 5.75 Å². The largest absolute Gasteiger partial charge is 0.506 e. The highest BCUT2D eigenvalue weighted by atomic mass is 16.5. The maximum atomic E-state index is 13.8. The third-order valence-corrected chi connectivity index (χ3v) is 7.89. The molecule has 0 spiro atoms. The van der Waals surface area contributed by atoms with Crippen LogP contribution in [0.1, 0.15) is 39.1 Å². The lowest BCUT2D eigenvalue weighted by atomic mass is 9.49. The number of esters is 1. The number of likely N-dealkylation sites (N-methyl/N-ethyl adjacent to an activating group) is 1.